The van der Waals surface area contributed by atoms with Gasteiger partial charge in [-0.3, -0.25) is 4.79 Å². The number of amides is 1. The lowest BCUT2D eigenvalue weighted by atomic mass is 9.89. The first-order chi connectivity index (χ1) is 11.0. The molecule has 23 heavy (non-hydrogen) atoms. The number of carbonyl (C=O) groups is 2. The predicted molar refractivity (Wildman–Crippen MR) is 83.5 cm³/mol. The van der Waals surface area contributed by atoms with Crippen molar-refractivity contribution in [3.05, 3.63) is 34.4 Å². The number of hydrogen-bond acceptors (Lipinski definition) is 4. The summed E-state index contributed by atoms with van der Waals surface area (Å²) < 4.78 is 10.7. The Kier molecular flexibility index (Phi) is 4.28. The van der Waals surface area contributed by atoms with Gasteiger partial charge in [0, 0.05) is 36.6 Å². The zero-order valence-corrected chi connectivity index (χ0v) is 13.1. The maximum atomic E-state index is 12.5. The van der Waals surface area contributed by atoms with Crippen molar-refractivity contribution in [1.82, 2.24) is 5.32 Å². The van der Waals surface area contributed by atoms with Gasteiger partial charge in [-0.05, 0) is 24.3 Å². The standard InChI is InChI=1S/C16H16ClNO5/c17-12-1-2-13-10(8-12)7-11(9-23-13)14(19)18-16(15(20)21)3-5-22-6-4-16/h1-2,7-8H,3-6,9H2,(H,18,19)(H,20,21). The number of carboxylic acids is 1. The molecule has 1 aromatic rings. The van der Waals surface area contributed by atoms with Crippen molar-refractivity contribution in [1.29, 1.82) is 0 Å². The van der Waals surface area contributed by atoms with Gasteiger partial charge < -0.3 is 19.9 Å². The number of carbonyl (C=O) groups excluding carboxylic acids is 1. The van der Waals surface area contributed by atoms with E-state index in [1.165, 1.54) is 0 Å². The lowest BCUT2D eigenvalue weighted by Crippen LogP contribution is -2.58. The number of carboxylic acid groups (broad SMARTS) is 1. The third-order valence-electron chi connectivity index (χ3n) is 4.08. The normalized spacial score (nSPS) is 19.1. The molecule has 2 N–H and O–H groups in total. The molecule has 6 nitrogen and oxygen atoms in total. The van der Waals surface area contributed by atoms with E-state index in [1.807, 2.05) is 0 Å². The summed E-state index contributed by atoms with van der Waals surface area (Å²) in [4.78, 5) is 24.1. The number of rotatable bonds is 3. The minimum atomic E-state index is -1.29. The number of halogens is 1. The minimum Gasteiger partial charge on any atom is -0.488 e. The summed E-state index contributed by atoms with van der Waals surface area (Å²) in [5.41, 5.74) is -0.220. The van der Waals surface area contributed by atoms with Gasteiger partial charge in [0.15, 0.2) is 0 Å². The first-order valence-electron chi connectivity index (χ1n) is 7.27. The van der Waals surface area contributed by atoms with Crippen molar-refractivity contribution in [2.45, 2.75) is 18.4 Å². The lowest BCUT2D eigenvalue weighted by Gasteiger charge is -2.34. The fourth-order valence-electron chi connectivity index (χ4n) is 2.69. The van der Waals surface area contributed by atoms with Crippen LogP contribution < -0.4 is 10.1 Å². The molecular weight excluding hydrogens is 322 g/mol. The van der Waals surface area contributed by atoms with E-state index in [0.717, 1.165) is 0 Å². The van der Waals surface area contributed by atoms with Crippen molar-refractivity contribution < 1.29 is 24.2 Å². The molecule has 0 atom stereocenters. The third-order valence-corrected chi connectivity index (χ3v) is 4.32. The first-order valence-corrected chi connectivity index (χ1v) is 7.64. The van der Waals surface area contributed by atoms with Crippen LogP contribution in [0.25, 0.3) is 6.08 Å². The second-order valence-electron chi connectivity index (χ2n) is 5.59. The largest absolute Gasteiger partial charge is 0.488 e. The molecule has 0 saturated carbocycles. The van der Waals surface area contributed by atoms with Crippen molar-refractivity contribution in [3.8, 4) is 5.75 Å². The summed E-state index contributed by atoms with van der Waals surface area (Å²) in [5.74, 6) is -0.847. The smallest absolute Gasteiger partial charge is 0.329 e. The van der Waals surface area contributed by atoms with Crippen LogP contribution in [0.5, 0.6) is 5.75 Å². The predicted octanol–water partition coefficient (Wildman–Crippen LogP) is 1.87. The SMILES string of the molecule is O=C(NC1(C(=O)O)CCOCC1)C1=Cc2cc(Cl)ccc2OC1. The molecule has 1 amide bonds. The Labute approximate surface area is 138 Å². The zero-order valence-electron chi connectivity index (χ0n) is 12.3. The number of ether oxygens (including phenoxy) is 2. The van der Waals surface area contributed by atoms with Gasteiger partial charge in [0.05, 0.1) is 5.57 Å². The summed E-state index contributed by atoms with van der Waals surface area (Å²) in [6.45, 7) is 0.702. The van der Waals surface area contributed by atoms with Crippen molar-refractivity contribution in [3.63, 3.8) is 0 Å². The van der Waals surface area contributed by atoms with E-state index < -0.39 is 17.4 Å². The number of benzene rings is 1. The summed E-state index contributed by atoms with van der Waals surface area (Å²) >= 11 is 5.95. The Hall–Kier alpha value is -2.05. The van der Waals surface area contributed by atoms with Crippen LogP contribution in [0.15, 0.2) is 23.8 Å². The second-order valence-corrected chi connectivity index (χ2v) is 6.03. The maximum absolute atomic E-state index is 12.5. The van der Waals surface area contributed by atoms with E-state index in [2.05, 4.69) is 5.32 Å². The molecule has 3 rings (SSSR count). The van der Waals surface area contributed by atoms with Crippen LogP contribution in [0.4, 0.5) is 0 Å². The summed E-state index contributed by atoms with van der Waals surface area (Å²) in [7, 11) is 0. The number of hydrogen-bond donors (Lipinski definition) is 2. The summed E-state index contributed by atoms with van der Waals surface area (Å²) in [6.07, 6.45) is 2.16. The Bertz CT molecular complexity index is 679. The molecule has 0 aliphatic carbocycles. The number of aliphatic carboxylic acids is 1. The third kappa shape index (κ3) is 3.18. The lowest BCUT2D eigenvalue weighted by molar-refractivity contribution is -0.151. The molecule has 2 heterocycles. The highest BCUT2D eigenvalue weighted by molar-refractivity contribution is 6.30. The van der Waals surface area contributed by atoms with Gasteiger partial charge in [0.2, 0.25) is 0 Å². The summed E-state index contributed by atoms with van der Waals surface area (Å²) in [5, 5.41) is 12.7. The molecule has 7 heteroatoms. The Morgan fingerprint density at radius 3 is 2.70 bits per heavy atom. The van der Waals surface area contributed by atoms with E-state index in [4.69, 9.17) is 21.1 Å². The molecule has 0 radical (unpaired) electrons. The zero-order chi connectivity index (χ0) is 16.4. The maximum Gasteiger partial charge on any atom is 0.329 e. The van der Waals surface area contributed by atoms with Crippen LogP contribution >= 0.6 is 11.6 Å². The topological polar surface area (TPSA) is 84.9 Å². The van der Waals surface area contributed by atoms with Gasteiger partial charge in [-0.15, -0.1) is 0 Å². The quantitative estimate of drug-likeness (QED) is 0.879. The van der Waals surface area contributed by atoms with Gasteiger partial charge >= 0.3 is 5.97 Å². The van der Waals surface area contributed by atoms with Crippen LogP contribution in [-0.2, 0) is 14.3 Å². The van der Waals surface area contributed by atoms with Crippen LogP contribution in [0.3, 0.4) is 0 Å². The molecular formula is C16H16ClNO5. The van der Waals surface area contributed by atoms with Crippen molar-refractivity contribution >= 4 is 29.6 Å². The van der Waals surface area contributed by atoms with Gasteiger partial charge in [0.25, 0.3) is 5.91 Å². The van der Waals surface area contributed by atoms with E-state index in [-0.39, 0.29) is 19.4 Å². The fourth-order valence-corrected chi connectivity index (χ4v) is 2.87. The molecule has 2 aliphatic heterocycles. The Balaban J connectivity index is 1.82. The van der Waals surface area contributed by atoms with E-state index in [1.54, 1.807) is 24.3 Å². The molecule has 1 saturated heterocycles. The van der Waals surface area contributed by atoms with Crippen LogP contribution in [0.2, 0.25) is 5.02 Å². The highest BCUT2D eigenvalue weighted by Gasteiger charge is 2.42. The average molecular weight is 338 g/mol. The fraction of sp³-hybridized carbons (Fsp3) is 0.375. The van der Waals surface area contributed by atoms with E-state index >= 15 is 0 Å². The molecule has 0 aromatic heterocycles. The van der Waals surface area contributed by atoms with Gasteiger partial charge in [-0.2, -0.15) is 0 Å². The molecule has 1 aromatic carbocycles. The molecule has 0 unspecified atom stereocenters. The van der Waals surface area contributed by atoms with Crippen molar-refractivity contribution in [2.24, 2.45) is 0 Å². The highest BCUT2D eigenvalue weighted by atomic mass is 35.5. The first kappa shape index (κ1) is 15.8. The minimum absolute atomic E-state index is 0.0899. The molecule has 122 valence electrons. The average Bonchev–Trinajstić information content (AvgIpc) is 2.54. The van der Waals surface area contributed by atoms with Gasteiger partial charge in [0.1, 0.15) is 17.9 Å². The molecule has 0 spiro atoms. The second kappa shape index (κ2) is 6.22. The van der Waals surface area contributed by atoms with E-state index in [0.29, 0.717) is 35.1 Å². The Morgan fingerprint density at radius 1 is 1.26 bits per heavy atom. The van der Waals surface area contributed by atoms with Crippen molar-refractivity contribution in [2.75, 3.05) is 19.8 Å². The number of fused-ring (bicyclic) bond motifs is 1. The van der Waals surface area contributed by atoms with Gasteiger partial charge in [-0.1, -0.05) is 11.6 Å². The Morgan fingerprint density at radius 2 is 2.00 bits per heavy atom. The van der Waals surface area contributed by atoms with Gasteiger partial charge in [-0.25, -0.2) is 4.79 Å². The van der Waals surface area contributed by atoms with Crippen LogP contribution in [0.1, 0.15) is 18.4 Å². The monoisotopic (exact) mass is 337 g/mol. The summed E-state index contributed by atoms with van der Waals surface area (Å²) in [6, 6.07) is 5.14. The molecule has 2 aliphatic rings. The molecule has 1 fully saturated rings. The van der Waals surface area contributed by atoms with Crippen LogP contribution in [-0.4, -0.2) is 42.3 Å². The highest BCUT2D eigenvalue weighted by Crippen LogP contribution is 2.29. The van der Waals surface area contributed by atoms with E-state index in [9.17, 15) is 14.7 Å². The molecule has 0 bridgehead atoms. The number of nitrogens with one attached hydrogen (secondary N) is 1. The van der Waals surface area contributed by atoms with Crippen LogP contribution in [0, 0.1) is 0 Å².